The second-order valence-electron chi connectivity index (χ2n) is 4.62. The molecule has 2 rings (SSSR count). The summed E-state index contributed by atoms with van der Waals surface area (Å²) in [6.07, 6.45) is 0.646. The molecule has 0 aliphatic carbocycles. The van der Waals surface area contributed by atoms with Gasteiger partial charge in [-0.1, -0.05) is 11.6 Å². The van der Waals surface area contributed by atoms with Crippen molar-refractivity contribution in [3.05, 3.63) is 28.8 Å². The highest BCUT2D eigenvalue weighted by atomic mass is 35.5. The van der Waals surface area contributed by atoms with Crippen LogP contribution in [0.1, 0.15) is 18.9 Å². The summed E-state index contributed by atoms with van der Waals surface area (Å²) in [4.78, 5) is 0.0342. The van der Waals surface area contributed by atoms with E-state index in [1.54, 1.807) is 0 Å². The van der Waals surface area contributed by atoms with Crippen LogP contribution in [0.2, 0.25) is 5.02 Å². The van der Waals surface area contributed by atoms with Crippen molar-refractivity contribution < 1.29 is 13.2 Å². The summed E-state index contributed by atoms with van der Waals surface area (Å²) in [5.74, 6) is 0. The van der Waals surface area contributed by atoms with Crippen LogP contribution in [0.5, 0.6) is 0 Å². The average molecular weight is 315 g/mol. The Morgan fingerprint density at radius 2 is 2.20 bits per heavy atom. The first-order valence-corrected chi connectivity index (χ1v) is 8.08. The Hall–Kier alpha value is -1.13. The van der Waals surface area contributed by atoms with E-state index in [4.69, 9.17) is 21.6 Å². The van der Waals surface area contributed by atoms with Crippen LogP contribution in [0.3, 0.4) is 0 Å². The van der Waals surface area contributed by atoms with Crippen LogP contribution in [0, 0.1) is 11.3 Å². The molecule has 1 aliphatic rings. The highest BCUT2D eigenvalue weighted by Gasteiger charge is 2.31. The predicted molar refractivity (Wildman–Crippen MR) is 75.0 cm³/mol. The van der Waals surface area contributed by atoms with Crippen LogP contribution in [-0.2, 0) is 14.8 Å². The van der Waals surface area contributed by atoms with Gasteiger partial charge < -0.3 is 4.74 Å². The molecule has 1 heterocycles. The monoisotopic (exact) mass is 314 g/mol. The van der Waals surface area contributed by atoms with Crippen LogP contribution < -0.4 is 0 Å². The van der Waals surface area contributed by atoms with Crippen molar-refractivity contribution >= 4 is 21.6 Å². The molecule has 1 atom stereocenters. The van der Waals surface area contributed by atoms with E-state index < -0.39 is 10.0 Å². The molecule has 0 saturated carbocycles. The predicted octanol–water partition coefficient (Wildman–Crippen LogP) is 2.01. The minimum absolute atomic E-state index is 0.0342. The third-order valence-electron chi connectivity index (χ3n) is 3.28. The Morgan fingerprint density at radius 1 is 1.45 bits per heavy atom. The molecule has 1 fully saturated rings. The zero-order chi connectivity index (χ0) is 14.8. The van der Waals surface area contributed by atoms with Gasteiger partial charge in [0.15, 0.2) is 0 Å². The Kier molecular flexibility index (Phi) is 4.66. The molecule has 1 saturated heterocycles. The fourth-order valence-electron chi connectivity index (χ4n) is 2.14. The standard InChI is InChI=1S/C13H15ClN2O3S/c1-10-4-6-19-7-5-16(10)20(17,18)13-3-2-11(9-15)8-12(13)14/h2-3,8,10H,4-7H2,1H3/t10-/m1/s1. The van der Waals surface area contributed by atoms with E-state index in [-0.39, 0.29) is 16.0 Å². The van der Waals surface area contributed by atoms with Crippen LogP contribution in [0.25, 0.3) is 0 Å². The van der Waals surface area contributed by atoms with E-state index in [9.17, 15) is 8.42 Å². The number of benzene rings is 1. The lowest BCUT2D eigenvalue weighted by Gasteiger charge is -2.25. The molecular formula is C13H15ClN2O3S. The molecule has 0 radical (unpaired) electrons. The lowest BCUT2D eigenvalue weighted by Crippen LogP contribution is -2.39. The fourth-order valence-corrected chi connectivity index (χ4v) is 4.30. The summed E-state index contributed by atoms with van der Waals surface area (Å²) >= 11 is 6.01. The summed E-state index contributed by atoms with van der Waals surface area (Å²) in [6.45, 7) is 3.08. The molecule has 0 aromatic heterocycles. The second kappa shape index (κ2) is 6.10. The van der Waals surface area contributed by atoms with Gasteiger partial charge in [0.05, 0.1) is 23.3 Å². The summed E-state index contributed by atoms with van der Waals surface area (Å²) < 4.78 is 32.1. The SMILES string of the molecule is C[C@@H]1CCOCCN1S(=O)(=O)c1ccc(C#N)cc1Cl. The molecule has 0 amide bonds. The maximum Gasteiger partial charge on any atom is 0.244 e. The summed E-state index contributed by atoms with van der Waals surface area (Å²) in [5.41, 5.74) is 0.334. The Balaban J connectivity index is 2.41. The van der Waals surface area contributed by atoms with Gasteiger partial charge in [-0.3, -0.25) is 0 Å². The molecule has 20 heavy (non-hydrogen) atoms. The lowest BCUT2D eigenvalue weighted by atomic mass is 10.2. The van der Waals surface area contributed by atoms with Gasteiger partial charge in [0, 0.05) is 19.2 Å². The first-order chi connectivity index (χ1) is 9.46. The normalized spacial score (nSPS) is 21.1. The van der Waals surface area contributed by atoms with E-state index in [1.807, 2.05) is 13.0 Å². The van der Waals surface area contributed by atoms with Crippen molar-refractivity contribution in [2.24, 2.45) is 0 Å². The molecule has 0 unspecified atom stereocenters. The summed E-state index contributed by atoms with van der Waals surface area (Å²) in [7, 11) is -3.68. The number of ether oxygens (including phenoxy) is 1. The molecule has 5 nitrogen and oxygen atoms in total. The van der Waals surface area contributed by atoms with Gasteiger partial charge in [0.2, 0.25) is 10.0 Å². The summed E-state index contributed by atoms with van der Waals surface area (Å²) in [5, 5.41) is 8.87. The molecule has 0 N–H and O–H groups in total. The van der Waals surface area contributed by atoms with Gasteiger partial charge in [0.25, 0.3) is 0 Å². The van der Waals surface area contributed by atoms with E-state index in [0.29, 0.717) is 31.7 Å². The van der Waals surface area contributed by atoms with Crippen molar-refractivity contribution in [1.29, 1.82) is 5.26 Å². The van der Waals surface area contributed by atoms with Crippen LogP contribution in [-0.4, -0.2) is 38.5 Å². The minimum atomic E-state index is -3.68. The maximum atomic E-state index is 12.7. The van der Waals surface area contributed by atoms with Gasteiger partial charge >= 0.3 is 0 Å². The van der Waals surface area contributed by atoms with Crippen molar-refractivity contribution in [2.45, 2.75) is 24.3 Å². The topological polar surface area (TPSA) is 70.4 Å². The molecule has 0 spiro atoms. The number of rotatable bonds is 2. The Morgan fingerprint density at radius 3 is 2.85 bits per heavy atom. The van der Waals surface area contributed by atoms with Crippen molar-refractivity contribution in [3.8, 4) is 6.07 Å². The average Bonchev–Trinajstić information content (AvgIpc) is 2.63. The lowest BCUT2D eigenvalue weighted by molar-refractivity contribution is 0.148. The fraction of sp³-hybridized carbons (Fsp3) is 0.462. The largest absolute Gasteiger partial charge is 0.380 e. The Labute approximate surface area is 123 Å². The number of nitrogens with zero attached hydrogens (tertiary/aromatic N) is 2. The zero-order valence-electron chi connectivity index (χ0n) is 11.0. The van der Waals surface area contributed by atoms with Gasteiger partial charge in [-0.15, -0.1) is 0 Å². The van der Waals surface area contributed by atoms with E-state index in [0.717, 1.165) is 0 Å². The number of hydrogen-bond donors (Lipinski definition) is 0. The minimum Gasteiger partial charge on any atom is -0.380 e. The molecular weight excluding hydrogens is 300 g/mol. The first kappa shape index (κ1) is 15.3. The van der Waals surface area contributed by atoms with Gasteiger partial charge in [-0.05, 0) is 31.5 Å². The highest BCUT2D eigenvalue weighted by molar-refractivity contribution is 7.89. The van der Waals surface area contributed by atoms with E-state index in [2.05, 4.69) is 0 Å². The number of sulfonamides is 1. The summed E-state index contributed by atoms with van der Waals surface area (Å²) in [6, 6.07) is 6.00. The highest BCUT2D eigenvalue weighted by Crippen LogP contribution is 2.28. The number of halogens is 1. The molecule has 1 aromatic rings. The third-order valence-corrected chi connectivity index (χ3v) is 5.77. The molecule has 1 aliphatic heterocycles. The van der Waals surface area contributed by atoms with Crippen LogP contribution >= 0.6 is 11.6 Å². The first-order valence-electron chi connectivity index (χ1n) is 6.26. The third kappa shape index (κ3) is 2.96. The van der Waals surface area contributed by atoms with Gasteiger partial charge in [-0.2, -0.15) is 9.57 Å². The van der Waals surface area contributed by atoms with Crippen LogP contribution in [0.4, 0.5) is 0 Å². The number of hydrogen-bond acceptors (Lipinski definition) is 4. The Bertz CT molecular complexity index is 640. The quantitative estimate of drug-likeness (QED) is 0.837. The maximum absolute atomic E-state index is 12.7. The van der Waals surface area contributed by atoms with Gasteiger partial charge in [-0.25, -0.2) is 8.42 Å². The second-order valence-corrected chi connectivity index (χ2v) is 6.89. The smallest absolute Gasteiger partial charge is 0.244 e. The van der Waals surface area contributed by atoms with Crippen LogP contribution in [0.15, 0.2) is 23.1 Å². The van der Waals surface area contributed by atoms with Crippen molar-refractivity contribution in [3.63, 3.8) is 0 Å². The van der Waals surface area contributed by atoms with E-state index in [1.165, 1.54) is 22.5 Å². The molecule has 0 bridgehead atoms. The molecule has 108 valence electrons. The molecule has 1 aromatic carbocycles. The number of nitriles is 1. The van der Waals surface area contributed by atoms with Gasteiger partial charge in [0.1, 0.15) is 4.90 Å². The van der Waals surface area contributed by atoms with Crippen molar-refractivity contribution in [2.75, 3.05) is 19.8 Å². The zero-order valence-corrected chi connectivity index (χ0v) is 12.6. The van der Waals surface area contributed by atoms with Crippen molar-refractivity contribution in [1.82, 2.24) is 4.31 Å². The van der Waals surface area contributed by atoms with E-state index >= 15 is 0 Å². The molecule has 7 heteroatoms.